The van der Waals surface area contributed by atoms with Gasteiger partial charge < -0.3 is 4.74 Å². The molecule has 0 amide bonds. The van der Waals surface area contributed by atoms with Crippen LogP contribution in [0.15, 0.2) is 72.3 Å². The van der Waals surface area contributed by atoms with Gasteiger partial charge >= 0.3 is 0 Å². The molecule has 4 heteroatoms. The molecule has 2 aliphatic rings. The Hall–Kier alpha value is -3.11. The van der Waals surface area contributed by atoms with Gasteiger partial charge in [0.1, 0.15) is 18.1 Å². The Labute approximate surface area is 165 Å². The molecular formula is C24H23N3O. The summed E-state index contributed by atoms with van der Waals surface area (Å²) >= 11 is 0. The summed E-state index contributed by atoms with van der Waals surface area (Å²) in [6.45, 7) is 3.48. The number of hydrogen-bond acceptors (Lipinski definition) is 3. The first-order chi connectivity index (χ1) is 13.9. The largest absolute Gasteiger partial charge is 0.488 e. The van der Waals surface area contributed by atoms with Crippen molar-refractivity contribution < 1.29 is 4.74 Å². The molecule has 1 N–H and O–H groups in total. The Balaban J connectivity index is 1.26. The Bertz CT molecular complexity index is 1030. The van der Waals surface area contributed by atoms with E-state index in [1.807, 2.05) is 24.3 Å². The van der Waals surface area contributed by atoms with E-state index in [-0.39, 0.29) is 0 Å². The van der Waals surface area contributed by atoms with Gasteiger partial charge in [0, 0.05) is 30.8 Å². The van der Waals surface area contributed by atoms with Gasteiger partial charge in [-0.1, -0.05) is 60.7 Å². The Morgan fingerprint density at radius 3 is 2.75 bits per heavy atom. The summed E-state index contributed by atoms with van der Waals surface area (Å²) in [5, 5.41) is 7.84. The number of allylic oxidation sites excluding steroid dienone is 1. The minimum absolute atomic E-state index is 0.590. The quantitative estimate of drug-likeness (QED) is 0.717. The van der Waals surface area contributed by atoms with Crippen LogP contribution in [0, 0.1) is 0 Å². The lowest BCUT2D eigenvalue weighted by Gasteiger charge is -2.25. The normalized spacial score (nSPS) is 16.4. The third kappa shape index (κ3) is 3.39. The van der Waals surface area contributed by atoms with Gasteiger partial charge in [0.05, 0.1) is 5.69 Å². The van der Waals surface area contributed by atoms with Crippen LogP contribution in [0.2, 0.25) is 0 Å². The van der Waals surface area contributed by atoms with Crippen molar-refractivity contribution in [2.45, 2.75) is 19.6 Å². The van der Waals surface area contributed by atoms with Crippen molar-refractivity contribution >= 4 is 6.08 Å². The molecule has 0 saturated carbocycles. The maximum Gasteiger partial charge on any atom is 0.129 e. The molecule has 0 saturated heterocycles. The SMILES string of the molecule is C1=C(/C=C/c2ccccc2)CCN(Cc2[nH]nc3c2COc2ccccc2-3)C1. The molecule has 2 aliphatic heterocycles. The second kappa shape index (κ2) is 7.49. The summed E-state index contributed by atoms with van der Waals surface area (Å²) in [5.74, 6) is 0.920. The summed E-state index contributed by atoms with van der Waals surface area (Å²) in [4.78, 5) is 2.45. The highest BCUT2D eigenvalue weighted by Crippen LogP contribution is 2.37. The summed E-state index contributed by atoms with van der Waals surface area (Å²) in [6, 6.07) is 18.6. The van der Waals surface area contributed by atoms with Crippen molar-refractivity contribution in [3.8, 4) is 17.0 Å². The smallest absolute Gasteiger partial charge is 0.129 e. The number of H-pyrrole nitrogens is 1. The van der Waals surface area contributed by atoms with Gasteiger partial charge in [0.25, 0.3) is 0 Å². The molecule has 0 bridgehead atoms. The zero-order chi connectivity index (χ0) is 18.8. The van der Waals surface area contributed by atoms with E-state index in [0.29, 0.717) is 6.61 Å². The molecule has 28 heavy (non-hydrogen) atoms. The van der Waals surface area contributed by atoms with Crippen LogP contribution < -0.4 is 4.74 Å². The number of fused-ring (bicyclic) bond motifs is 3. The van der Waals surface area contributed by atoms with Gasteiger partial charge in [-0.25, -0.2) is 0 Å². The maximum absolute atomic E-state index is 5.93. The summed E-state index contributed by atoms with van der Waals surface area (Å²) < 4.78 is 5.93. The Morgan fingerprint density at radius 1 is 1.04 bits per heavy atom. The van der Waals surface area contributed by atoms with Crippen LogP contribution in [-0.2, 0) is 13.2 Å². The molecule has 4 nitrogen and oxygen atoms in total. The molecule has 140 valence electrons. The molecule has 0 fully saturated rings. The van der Waals surface area contributed by atoms with E-state index in [1.165, 1.54) is 22.4 Å². The monoisotopic (exact) mass is 369 g/mol. The van der Waals surface area contributed by atoms with E-state index in [0.717, 1.165) is 43.1 Å². The first-order valence-corrected chi connectivity index (χ1v) is 9.79. The second-order valence-corrected chi connectivity index (χ2v) is 7.32. The number of ether oxygens (including phenoxy) is 1. The van der Waals surface area contributed by atoms with Crippen LogP contribution in [0.4, 0.5) is 0 Å². The first kappa shape index (κ1) is 17.0. The fourth-order valence-electron chi connectivity index (χ4n) is 3.86. The standard InChI is InChI=1S/C24H23N3O/c1-2-6-18(7-3-1)10-11-19-12-14-27(15-13-19)16-22-21-17-28-23-9-5-4-8-20(23)24(21)26-25-22/h1-12H,13-17H2,(H,25,26)/b11-10+. The van der Waals surface area contributed by atoms with E-state index in [4.69, 9.17) is 4.74 Å². The molecule has 1 aromatic heterocycles. The highest BCUT2D eigenvalue weighted by Gasteiger charge is 2.24. The molecule has 0 aliphatic carbocycles. The van der Waals surface area contributed by atoms with Crippen molar-refractivity contribution in [2.75, 3.05) is 13.1 Å². The van der Waals surface area contributed by atoms with Gasteiger partial charge in [0.15, 0.2) is 0 Å². The summed E-state index contributed by atoms with van der Waals surface area (Å²) in [5.41, 5.74) is 7.13. The molecule has 3 heterocycles. The third-order valence-corrected chi connectivity index (χ3v) is 5.47. The maximum atomic E-state index is 5.93. The van der Waals surface area contributed by atoms with Crippen LogP contribution in [0.3, 0.4) is 0 Å². The van der Waals surface area contributed by atoms with Crippen molar-refractivity contribution in [2.24, 2.45) is 0 Å². The number of hydrogen-bond donors (Lipinski definition) is 1. The Morgan fingerprint density at radius 2 is 1.89 bits per heavy atom. The number of rotatable bonds is 4. The van der Waals surface area contributed by atoms with E-state index < -0.39 is 0 Å². The molecular weight excluding hydrogens is 346 g/mol. The second-order valence-electron chi connectivity index (χ2n) is 7.32. The average molecular weight is 369 g/mol. The number of nitrogens with one attached hydrogen (secondary N) is 1. The van der Waals surface area contributed by atoms with Crippen LogP contribution in [0.25, 0.3) is 17.3 Å². The minimum Gasteiger partial charge on any atom is -0.488 e. The molecule has 0 spiro atoms. The highest BCUT2D eigenvalue weighted by atomic mass is 16.5. The predicted molar refractivity (Wildman–Crippen MR) is 112 cm³/mol. The lowest BCUT2D eigenvalue weighted by atomic mass is 10.0. The molecule has 0 radical (unpaired) electrons. The number of nitrogens with zero attached hydrogens (tertiary/aromatic N) is 2. The molecule has 3 aromatic rings. The fourth-order valence-corrected chi connectivity index (χ4v) is 3.86. The van der Waals surface area contributed by atoms with Gasteiger partial charge in [-0.15, -0.1) is 0 Å². The van der Waals surface area contributed by atoms with Crippen LogP contribution >= 0.6 is 0 Å². The number of aromatic nitrogens is 2. The van der Waals surface area contributed by atoms with Crippen molar-refractivity contribution in [1.82, 2.24) is 15.1 Å². The molecule has 0 atom stereocenters. The zero-order valence-electron chi connectivity index (χ0n) is 15.8. The number of para-hydroxylation sites is 1. The first-order valence-electron chi connectivity index (χ1n) is 9.79. The van der Waals surface area contributed by atoms with Gasteiger partial charge in [-0.2, -0.15) is 5.10 Å². The van der Waals surface area contributed by atoms with Crippen LogP contribution in [-0.4, -0.2) is 28.2 Å². The van der Waals surface area contributed by atoms with E-state index in [2.05, 4.69) is 63.7 Å². The van der Waals surface area contributed by atoms with Crippen LogP contribution in [0.1, 0.15) is 23.2 Å². The minimum atomic E-state index is 0.590. The van der Waals surface area contributed by atoms with Gasteiger partial charge in [0.2, 0.25) is 0 Å². The summed E-state index contributed by atoms with van der Waals surface area (Å²) in [6.07, 6.45) is 7.84. The fraction of sp³-hybridized carbons (Fsp3) is 0.208. The summed E-state index contributed by atoms with van der Waals surface area (Å²) in [7, 11) is 0. The topological polar surface area (TPSA) is 41.2 Å². The van der Waals surface area contributed by atoms with E-state index >= 15 is 0 Å². The van der Waals surface area contributed by atoms with Crippen molar-refractivity contribution in [3.63, 3.8) is 0 Å². The number of benzene rings is 2. The lowest BCUT2D eigenvalue weighted by molar-refractivity contribution is 0.273. The van der Waals surface area contributed by atoms with Crippen molar-refractivity contribution in [1.29, 1.82) is 0 Å². The zero-order valence-corrected chi connectivity index (χ0v) is 15.8. The predicted octanol–water partition coefficient (Wildman–Crippen LogP) is 4.81. The van der Waals surface area contributed by atoms with Crippen LogP contribution in [0.5, 0.6) is 5.75 Å². The lowest BCUT2D eigenvalue weighted by Crippen LogP contribution is -2.28. The van der Waals surface area contributed by atoms with Crippen molar-refractivity contribution in [3.05, 3.63) is 89.1 Å². The number of aromatic amines is 1. The van der Waals surface area contributed by atoms with Gasteiger partial charge in [-0.3, -0.25) is 10.00 Å². The highest BCUT2D eigenvalue weighted by molar-refractivity contribution is 5.72. The third-order valence-electron chi connectivity index (χ3n) is 5.47. The van der Waals surface area contributed by atoms with E-state index in [9.17, 15) is 0 Å². The molecule has 2 aromatic carbocycles. The van der Waals surface area contributed by atoms with E-state index in [1.54, 1.807) is 0 Å². The Kier molecular flexibility index (Phi) is 4.55. The average Bonchev–Trinajstić information content (AvgIpc) is 3.17. The molecule has 5 rings (SSSR count). The molecule has 0 unspecified atom stereocenters. The van der Waals surface area contributed by atoms with Gasteiger partial charge in [-0.05, 0) is 29.7 Å².